The summed E-state index contributed by atoms with van der Waals surface area (Å²) in [6.45, 7) is 4.43. The maximum atomic E-state index is 11.3. The molecule has 0 spiro atoms. The lowest BCUT2D eigenvalue weighted by Gasteiger charge is -2.37. The topological polar surface area (TPSA) is 90.3 Å². The Bertz CT molecular complexity index is 1580. The first-order chi connectivity index (χ1) is 22.4. The van der Waals surface area contributed by atoms with E-state index in [1.165, 1.54) is 11.4 Å². The SMILES string of the molecule is O=C(O)CCCCC(/C=C/c1ccccc1OCc1ccc(N2CCN(c3ccccc3)CC2)cc1)Cc1ccc(C(=O)O)cc1. The number of aromatic carboxylic acids is 1. The van der Waals surface area contributed by atoms with Crippen LogP contribution in [0.5, 0.6) is 5.75 Å². The van der Waals surface area contributed by atoms with Gasteiger partial charge in [-0.25, -0.2) is 4.79 Å². The molecule has 7 nitrogen and oxygen atoms in total. The first-order valence-corrected chi connectivity index (χ1v) is 16.0. The maximum absolute atomic E-state index is 11.3. The summed E-state index contributed by atoms with van der Waals surface area (Å²) in [6.07, 6.45) is 7.40. The van der Waals surface area contributed by atoms with Gasteiger partial charge < -0.3 is 24.7 Å². The highest BCUT2D eigenvalue weighted by atomic mass is 16.5. The van der Waals surface area contributed by atoms with Gasteiger partial charge in [0.1, 0.15) is 12.4 Å². The number of anilines is 2. The number of carboxylic acid groups (broad SMARTS) is 2. The Morgan fingerprint density at radius 3 is 1.98 bits per heavy atom. The minimum atomic E-state index is -0.943. The quantitative estimate of drug-likeness (QED) is 0.131. The lowest BCUT2D eigenvalue weighted by Crippen LogP contribution is -2.46. The van der Waals surface area contributed by atoms with Crippen LogP contribution >= 0.6 is 0 Å². The Kier molecular flexibility index (Phi) is 11.5. The Labute approximate surface area is 271 Å². The maximum Gasteiger partial charge on any atom is 0.335 e. The molecule has 1 saturated heterocycles. The number of benzene rings is 4. The van der Waals surface area contributed by atoms with Gasteiger partial charge in [0.25, 0.3) is 0 Å². The molecular formula is C39H42N2O5. The van der Waals surface area contributed by atoms with Crippen LogP contribution in [0.25, 0.3) is 6.08 Å². The van der Waals surface area contributed by atoms with E-state index in [1.807, 2.05) is 36.4 Å². The number of carbonyl (C=O) groups is 2. The minimum absolute atomic E-state index is 0.159. The van der Waals surface area contributed by atoms with Crippen LogP contribution in [0.15, 0.2) is 109 Å². The van der Waals surface area contributed by atoms with Crippen molar-refractivity contribution in [2.75, 3.05) is 36.0 Å². The zero-order chi connectivity index (χ0) is 32.1. The van der Waals surface area contributed by atoms with Gasteiger partial charge in [-0.05, 0) is 78.8 Å². The van der Waals surface area contributed by atoms with E-state index in [2.05, 4.69) is 76.5 Å². The lowest BCUT2D eigenvalue weighted by atomic mass is 9.92. The van der Waals surface area contributed by atoms with Gasteiger partial charge in [-0.2, -0.15) is 0 Å². The molecule has 4 aromatic rings. The number of unbranched alkanes of at least 4 members (excludes halogenated alkanes) is 1. The monoisotopic (exact) mass is 618 g/mol. The molecule has 7 heteroatoms. The Balaban J connectivity index is 1.18. The number of nitrogens with zero attached hydrogens (tertiary/aromatic N) is 2. The summed E-state index contributed by atoms with van der Waals surface area (Å²) < 4.78 is 6.29. The Hall–Kier alpha value is -5.04. The predicted molar refractivity (Wildman–Crippen MR) is 184 cm³/mol. The van der Waals surface area contributed by atoms with E-state index in [0.717, 1.165) is 67.9 Å². The van der Waals surface area contributed by atoms with Crippen molar-refractivity contribution in [3.05, 3.63) is 131 Å². The molecule has 0 amide bonds. The highest BCUT2D eigenvalue weighted by molar-refractivity contribution is 5.87. The van der Waals surface area contributed by atoms with Crippen LogP contribution in [0.2, 0.25) is 0 Å². The Morgan fingerprint density at radius 1 is 0.717 bits per heavy atom. The normalized spacial score (nSPS) is 13.9. The first kappa shape index (κ1) is 32.4. The molecule has 5 rings (SSSR count). The standard InChI is InChI=1S/C39H42N2O5/c42-38(43)13-7-4-8-30(28-31-15-20-34(21-16-31)39(44)45)14-19-33-9-5-6-12-37(33)46-29-32-17-22-36(23-18-32)41-26-24-40(25-27-41)35-10-2-1-3-11-35/h1-3,5-6,9-12,14-23,30H,4,7-8,13,24-29H2,(H,42,43)(H,44,45)/b19-14+. The van der Waals surface area contributed by atoms with Crippen LogP contribution in [0, 0.1) is 5.92 Å². The van der Waals surface area contributed by atoms with Crippen molar-refractivity contribution in [1.29, 1.82) is 0 Å². The number of hydrogen-bond donors (Lipinski definition) is 2. The summed E-state index contributed by atoms with van der Waals surface area (Å²) in [5, 5.41) is 18.3. The molecule has 0 saturated carbocycles. The van der Waals surface area contributed by atoms with E-state index in [-0.39, 0.29) is 17.9 Å². The molecular weight excluding hydrogens is 576 g/mol. The number of hydrogen-bond acceptors (Lipinski definition) is 5. The summed E-state index contributed by atoms with van der Waals surface area (Å²) >= 11 is 0. The van der Waals surface area contributed by atoms with Crippen LogP contribution in [0.3, 0.4) is 0 Å². The smallest absolute Gasteiger partial charge is 0.335 e. The van der Waals surface area contributed by atoms with Gasteiger partial charge in [0.2, 0.25) is 0 Å². The number of aliphatic carboxylic acids is 1. The van der Waals surface area contributed by atoms with Gasteiger partial charge in [0.15, 0.2) is 0 Å². The molecule has 0 radical (unpaired) electrons. The average molecular weight is 619 g/mol. The number of rotatable bonds is 15. The number of ether oxygens (including phenoxy) is 1. The summed E-state index contributed by atoms with van der Waals surface area (Å²) in [6, 6.07) is 34.2. The van der Waals surface area contributed by atoms with E-state index in [1.54, 1.807) is 12.1 Å². The third kappa shape index (κ3) is 9.48. The fourth-order valence-electron chi connectivity index (χ4n) is 5.85. The highest BCUT2D eigenvalue weighted by Crippen LogP contribution is 2.26. The van der Waals surface area contributed by atoms with E-state index in [0.29, 0.717) is 13.0 Å². The van der Waals surface area contributed by atoms with Crippen molar-refractivity contribution >= 4 is 29.4 Å². The van der Waals surface area contributed by atoms with Crippen molar-refractivity contribution in [3.8, 4) is 5.75 Å². The van der Waals surface area contributed by atoms with Crippen LogP contribution in [0.1, 0.15) is 52.7 Å². The van der Waals surface area contributed by atoms with Gasteiger partial charge in [0.05, 0.1) is 5.56 Å². The molecule has 46 heavy (non-hydrogen) atoms. The van der Waals surface area contributed by atoms with E-state index >= 15 is 0 Å². The van der Waals surface area contributed by atoms with E-state index < -0.39 is 11.9 Å². The second-order valence-electron chi connectivity index (χ2n) is 11.8. The Morgan fingerprint density at radius 2 is 1.33 bits per heavy atom. The van der Waals surface area contributed by atoms with Crippen LogP contribution < -0.4 is 14.5 Å². The van der Waals surface area contributed by atoms with Crippen molar-refractivity contribution in [3.63, 3.8) is 0 Å². The van der Waals surface area contributed by atoms with Gasteiger partial charge >= 0.3 is 11.9 Å². The molecule has 0 bridgehead atoms. The molecule has 1 aliphatic heterocycles. The summed E-state index contributed by atoms with van der Waals surface area (Å²) in [4.78, 5) is 27.1. The number of carboxylic acids is 2. The molecule has 4 aromatic carbocycles. The highest BCUT2D eigenvalue weighted by Gasteiger charge is 2.17. The number of piperazine rings is 1. The van der Waals surface area contributed by atoms with Gasteiger partial charge in [0, 0.05) is 49.5 Å². The fourth-order valence-corrected chi connectivity index (χ4v) is 5.85. The number of allylic oxidation sites excluding steroid dienone is 1. The summed E-state index contributed by atoms with van der Waals surface area (Å²) in [5.74, 6) is -0.754. The van der Waals surface area contributed by atoms with Crippen LogP contribution in [0.4, 0.5) is 11.4 Å². The molecule has 2 N–H and O–H groups in total. The molecule has 0 aromatic heterocycles. The second-order valence-corrected chi connectivity index (χ2v) is 11.8. The van der Waals surface area contributed by atoms with Crippen LogP contribution in [-0.4, -0.2) is 48.3 Å². The molecule has 1 aliphatic rings. The van der Waals surface area contributed by atoms with E-state index in [9.17, 15) is 14.7 Å². The first-order valence-electron chi connectivity index (χ1n) is 16.0. The van der Waals surface area contributed by atoms with Crippen molar-refractivity contribution < 1.29 is 24.5 Å². The molecule has 1 unspecified atom stereocenters. The third-order valence-electron chi connectivity index (χ3n) is 8.48. The molecule has 238 valence electrons. The molecule has 1 heterocycles. The van der Waals surface area contributed by atoms with Crippen molar-refractivity contribution in [1.82, 2.24) is 0 Å². The zero-order valence-electron chi connectivity index (χ0n) is 26.1. The third-order valence-corrected chi connectivity index (χ3v) is 8.48. The van der Waals surface area contributed by atoms with E-state index in [4.69, 9.17) is 9.84 Å². The predicted octanol–water partition coefficient (Wildman–Crippen LogP) is 7.81. The largest absolute Gasteiger partial charge is 0.488 e. The minimum Gasteiger partial charge on any atom is -0.488 e. The van der Waals surface area contributed by atoms with Gasteiger partial charge in [-0.3, -0.25) is 4.79 Å². The summed E-state index contributed by atoms with van der Waals surface area (Å²) in [5.41, 5.74) is 5.90. The van der Waals surface area contributed by atoms with Crippen molar-refractivity contribution in [2.24, 2.45) is 5.92 Å². The van der Waals surface area contributed by atoms with Gasteiger partial charge in [-0.15, -0.1) is 0 Å². The lowest BCUT2D eigenvalue weighted by molar-refractivity contribution is -0.137. The molecule has 1 fully saturated rings. The van der Waals surface area contributed by atoms with Crippen molar-refractivity contribution in [2.45, 2.75) is 38.7 Å². The number of para-hydroxylation sites is 2. The average Bonchev–Trinajstić information content (AvgIpc) is 3.09. The molecule has 0 aliphatic carbocycles. The molecule has 1 atom stereocenters. The van der Waals surface area contributed by atoms with Crippen LogP contribution in [-0.2, 0) is 17.8 Å². The fraction of sp³-hybridized carbons (Fsp3) is 0.282. The zero-order valence-corrected chi connectivity index (χ0v) is 26.1. The second kappa shape index (κ2) is 16.3. The summed E-state index contributed by atoms with van der Waals surface area (Å²) in [7, 11) is 0. The van der Waals surface area contributed by atoms with Gasteiger partial charge in [-0.1, -0.05) is 79.2 Å².